The van der Waals surface area contributed by atoms with Gasteiger partial charge in [0.15, 0.2) is 0 Å². The van der Waals surface area contributed by atoms with Crippen LogP contribution in [0.15, 0.2) is 85.0 Å². The molecular formula is C28H25FO5. The minimum absolute atomic E-state index is 0.115. The van der Waals surface area contributed by atoms with Gasteiger partial charge < -0.3 is 14.2 Å². The molecule has 0 aliphatic carbocycles. The first-order valence-corrected chi connectivity index (χ1v) is 10.5. The summed E-state index contributed by atoms with van der Waals surface area (Å²) >= 11 is 0. The third kappa shape index (κ3) is 5.85. The molecule has 0 saturated carbocycles. The highest BCUT2D eigenvalue weighted by Gasteiger charge is 2.13. The highest BCUT2D eigenvalue weighted by atomic mass is 19.1. The SMILES string of the molecule is C=C(C)C(=O)Oc1ccc(-c2ccc(-c3ccc(OC(=O)C(=C)C)c(COC)c3)cc2)c(F)c1. The van der Waals surface area contributed by atoms with E-state index in [-0.39, 0.29) is 17.9 Å². The molecule has 5 nitrogen and oxygen atoms in total. The Hall–Kier alpha value is -4.03. The van der Waals surface area contributed by atoms with Gasteiger partial charge >= 0.3 is 11.9 Å². The quantitative estimate of drug-likeness (QED) is 0.225. The molecular weight excluding hydrogens is 435 g/mol. The van der Waals surface area contributed by atoms with E-state index in [0.29, 0.717) is 28.0 Å². The van der Waals surface area contributed by atoms with E-state index in [1.165, 1.54) is 19.1 Å². The summed E-state index contributed by atoms with van der Waals surface area (Å²) < 4.78 is 30.4. The molecule has 0 radical (unpaired) electrons. The molecule has 0 unspecified atom stereocenters. The van der Waals surface area contributed by atoms with Crippen LogP contribution >= 0.6 is 0 Å². The second-order valence-corrected chi connectivity index (χ2v) is 7.81. The molecule has 0 saturated heterocycles. The Kier molecular flexibility index (Phi) is 7.76. The first kappa shape index (κ1) is 24.6. The minimum Gasteiger partial charge on any atom is -0.423 e. The molecule has 0 aromatic heterocycles. The van der Waals surface area contributed by atoms with Gasteiger partial charge in [0.05, 0.1) is 6.61 Å². The lowest BCUT2D eigenvalue weighted by atomic mass is 9.98. The molecule has 0 aliphatic heterocycles. The number of halogens is 1. The van der Waals surface area contributed by atoms with Gasteiger partial charge in [-0.25, -0.2) is 14.0 Å². The van der Waals surface area contributed by atoms with Crippen molar-refractivity contribution >= 4 is 11.9 Å². The van der Waals surface area contributed by atoms with Crippen LogP contribution in [0, 0.1) is 5.82 Å². The zero-order valence-electron chi connectivity index (χ0n) is 19.3. The van der Waals surface area contributed by atoms with Crippen LogP contribution in [0.4, 0.5) is 4.39 Å². The number of ether oxygens (including phenoxy) is 3. The number of benzene rings is 3. The fraction of sp³-hybridized carbons (Fsp3) is 0.143. The second kappa shape index (κ2) is 10.7. The van der Waals surface area contributed by atoms with E-state index >= 15 is 0 Å². The maximum atomic E-state index is 14.7. The Morgan fingerprint density at radius 1 is 0.794 bits per heavy atom. The monoisotopic (exact) mass is 460 g/mol. The zero-order chi connectivity index (χ0) is 24.8. The number of esters is 2. The van der Waals surface area contributed by atoms with Crippen molar-refractivity contribution in [2.75, 3.05) is 7.11 Å². The van der Waals surface area contributed by atoms with Gasteiger partial charge in [-0.2, -0.15) is 0 Å². The largest absolute Gasteiger partial charge is 0.423 e. The molecule has 0 bridgehead atoms. The van der Waals surface area contributed by atoms with Crippen LogP contribution in [0.5, 0.6) is 11.5 Å². The summed E-state index contributed by atoms with van der Waals surface area (Å²) in [4.78, 5) is 23.5. The molecule has 3 aromatic rings. The molecule has 3 aromatic carbocycles. The van der Waals surface area contributed by atoms with Crippen LogP contribution < -0.4 is 9.47 Å². The Morgan fingerprint density at radius 2 is 1.38 bits per heavy atom. The van der Waals surface area contributed by atoms with Crippen LogP contribution in [0.1, 0.15) is 19.4 Å². The summed E-state index contributed by atoms with van der Waals surface area (Å²) in [5.74, 6) is -1.10. The van der Waals surface area contributed by atoms with E-state index in [4.69, 9.17) is 14.2 Å². The van der Waals surface area contributed by atoms with Gasteiger partial charge in [-0.15, -0.1) is 0 Å². The van der Waals surface area contributed by atoms with E-state index in [2.05, 4.69) is 13.2 Å². The van der Waals surface area contributed by atoms with Crippen LogP contribution in [0.2, 0.25) is 0 Å². The topological polar surface area (TPSA) is 61.8 Å². The molecule has 6 heteroatoms. The first-order chi connectivity index (χ1) is 16.2. The molecule has 3 rings (SSSR count). The van der Waals surface area contributed by atoms with Crippen molar-refractivity contribution in [3.63, 3.8) is 0 Å². The molecule has 0 fully saturated rings. The van der Waals surface area contributed by atoms with Crippen LogP contribution in [0.25, 0.3) is 22.3 Å². The number of hydrogen-bond donors (Lipinski definition) is 0. The lowest BCUT2D eigenvalue weighted by Gasteiger charge is -2.12. The van der Waals surface area contributed by atoms with Crippen molar-refractivity contribution in [1.82, 2.24) is 0 Å². The van der Waals surface area contributed by atoms with E-state index in [0.717, 1.165) is 11.1 Å². The molecule has 174 valence electrons. The van der Waals surface area contributed by atoms with Crippen molar-refractivity contribution in [3.05, 3.63) is 96.3 Å². The van der Waals surface area contributed by atoms with Crippen molar-refractivity contribution in [2.24, 2.45) is 0 Å². The van der Waals surface area contributed by atoms with Crippen molar-refractivity contribution in [3.8, 4) is 33.8 Å². The Morgan fingerprint density at radius 3 is 1.97 bits per heavy atom. The highest BCUT2D eigenvalue weighted by Crippen LogP contribution is 2.31. The summed E-state index contributed by atoms with van der Waals surface area (Å²) in [6.07, 6.45) is 0. The predicted octanol–water partition coefficient (Wildman–Crippen LogP) is 6.27. The molecule has 0 atom stereocenters. The van der Waals surface area contributed by atoms with Gasteiger partial charge in [0, 0.05) is 35.4 Å². The molecule has 0 N–H and O–H groups in total. The molecule has 0 amide bonds. The number of carbonyl (C=O) groups is 2. The third-order valence-electron chi connectivity index (χ3n) is 4.94. The van der Waals surface area contributed by atoms with Crippen molar-refractivity contribution < 1.29 is 28.2 Å². The normalized spacial score (nSPS) is 10.5. The number of hydrogen-bond acceptors (Lipinski definition) is 5. The van der Waals surface area contributed by atoms with Crippen molar-refractivity contribution in [2.45, 2.75) is 20.5 Å². The fourth-order valence-corrected chi connectivity index (χ4v) is 3.14. The van der Waals surface area contributed by atoms with Crippen LogP contribution in [0.3, 0.4) is 0 Å². The maximum absolute atomic E-state index is 14.7. The van der Waals surface area contributed by atoms with Gasteiger partial charge in [-0.1, -0.05) is 43.5 Å². The van der Waals surface area contributed by atoms with Crippen molar-refractivity contribution in [1.29, 1.82) is 0 Å². The highest BCUT2D eigenvalue weighted by molar-refractivity contribution is 5.89. The smallest absolute Gasteiger partial charge is 0.338 e. The molecule has 0 aliphatic rings. The summed E-state index contributed by atoms with van der Waals surface area (Å²) in [6, 6.07) is 17.0. The number of methoxy groups -OCH3 is 1. The van der Waals surface area contributed by atoms with E-state index < -0.39 is 17.8 Å². The summed E-state index contributed by atoms with van der Waals surface area (Å²) in [5.41, 5.74) is 4.08. The van der Waals surface area contributed by atoms with E-state index in [1.807, 2.05) is 24.3 Å². The van der Waals surface area contributed by atoms with Gasteiger partial charge in [-0.05, 0) is 54.8 Å². The fourth-order valence-electron chi connectivity index (χ4n) is 3.14. The maximum Gasteiger partial charge on any atom is 0.338 e. The summed E-state index contributed by atoms with van der Waals surface area (Å²) in [5, 5.41) is 0. The van der Waals surface area contributed by atoms with Gasteiger partial charge in [-0.3, -0.25) is 0 Å². The van der Waals surface area contributed by atoms with Gasteiger partial charge in [0.1, 0.15) is 17.3 Å². The minimum atomic E-state index is -0.607. The summed E-state index contributed by atoms with van der Waals surface area (Å²) in [7, 11) is 1.56. The Balaban J connectivity index is 1.84. The average molecular weight is 461 g/mol. The van der Waals surface area contributed by atoms with E-state index in [9.17, 15) is 14.0 Å². The first-order valence-electron chi connectivity index (χ1n) is 10.5. The number of carbonyl (C=O) groups excluding carboxylic acids is 2. The number of rotatable bonds is 8. The van der Waals surface area contributed by atoms with Crippen LogP contribution in [-0.2, 0) is 20.9 Å². The lowest BCUT2D eigenvalue weighted by Crippen LogP contribution is -2.10. The second-order valence-electron chi connectivity index (χ2n) is 7.81. The lowest BCUT2D eigenvalue weighted by molar-refractivity contribution is -0.131. The molecule has 0 heterocycles. The standard InChI is InChI=1S/C28H25FO5/c1-17(2)27(30)33-23-11-12-24(25(29)15-23)20-8-6-19(7-9-20)21-10-13-26(22(14-21)16-32-5)34-28(31)18(3)4/h6-15H,1,3,16H2,2,4-5H3. The molecule has 0 spiro atoms. The third-order valence-corrected chi connectivity index (χ3v) is 4.94. The van der Waals surface area contributed by atoms with Gasteiger partial charge in [0.2, 0.25) is 0 Å². The van der Waals surface area contributed by atoms with Crippen LogP contribution in [-0.4, -0.2) is 19.0 Å². The van der Waals surface area contributed by atoms with Gasteiger partial charge in [0.25, 0.3) is 0 Å². The predicted molar refractivity (Wildman–Crippen MR) is 129 cm³/mol. The van der Waals surface area contributed by atoms with E-state index in [1.54, 1.807) is 38.3 Å². The average Bonchev–Trinajstić information content (AvgIpc) is 2.80. The Bertz CT molecular complexity index is 1260. The molecule has 34 heavy (non-hydrogen) atoms. The zero-order valence-corrected chi connectivity index (χ0v) is 19.3. The summed E-state index contributed by atoms with van der Waals surface area (Å²) in [6.45, 7) is 10.5. The Labute approximate surface area is 198 Å².